The Morgan fingerprint density at radius 2 is 2.28 bits per heavy atom. The normalized spacial score (nSPS) is 10.9. The fraction of sp³-hybridized carbons (Fsp3) is 0.0909. The Morgan fingerprint density at radius 3 is 2.94 bits per heavy atom. The summed E-state index contributed by atoms with van der Waals surface area (Å²) in [5.74, 6) is -1.08. The van der Waals surface area contributed by atoms with Crippen molar-refractivity contribution < 1.29 is 14.3 Å². The third-order valence-electron chi connectivity index (χ3n) is 2.51. The molecule has 90 valence electrons. The zero-order valence-electron chi connectivity index (χ0n) is 9.25. The van der Waals surface area contributed by atoms with Crippen LogP contribution in [0, 0.1) is 6.92 Å². The molecule has 3 aromatic rings. The molecule has 0 aliphatic rings. The molecule has 0 unspecified atom stereocenters. The number of carboxylic acid groups (broad SMARTS) is 1. The monoisotopic (exact) mass is 261 g/mol. The van der Waals surface area contributed by atoms with Crippen LogP contribution in [-0.4, -0.2) is 25.4 Å². The third kappa shape index (κ3) is 1.56. The first-order valence-electron chi connectivity index (χ1n) is 5.05. The number of rotatable bonds is 2. The molecule has 0 aliphatic carbocycles. The third-order valence-corrected chi connectivity index (χ3v) is 3.48. The number of hydrogen-bond acceptors (Lipinski definition) is 6. The van der Waals surface area contributed by atoms with Gasteiger partial charge < -0.3 is 9.52 Å². The summed E-state index contributed by atoms with van der Waals surface area (Å²) in [6, 6.07) is 1.84. The van der Waals surface area contributed by atoms with Crippen molar-refractivity contribution in [3.8, 4) is 11.4 Å². The number of oxazole rings is 1. The van der Waals surface area contributed by atoms with E-state index in [-0.39, 0.29) is 5.69 Å². The predicted octanol–water partition coefficient (Wildman–Crippen LogP) is 2.35. The van der Waals surface area contributed by atoms with Crippen LogP contribution in [0.3, 0.4) is 0 Å². The van der Waals surface area contributed by atoms with E-state index in [9.17, 15) is 4.79 Å². The van der Waals surface area contributed by atoms with E-state index >= 15 is 0 Å². The van der Waals surface area contributed by atoms with Gasteiger partial charge in [-0.25, -0.2) is 14.8 Å². The number of aromatic carboxylic acids is 1. The maximum atomic E-state index is 11.1. The van der Waals surface area contributed by atoms with Gasteiger partial charge in [-0.2, -0.15) is 4.37 Å². The Labute approximate surface area is 105 Å². The number of aryl methyl sites for hydroxylation is 1. The van der Waals surface area contributed by atoms with E-state index in [2.05, 4.69) is 14.3 Å². The molecule has 0 amide bonds. The van der Waals surface area contributed by atoms with Gasteiger partial charge in [-0.3, -0.25) is 0 Å². The summed E-state index contributed by atoms with van der Waals surface area (Å²) in [5.41, 5.74) is 2.44. The summed E-state index contributed by atoms with van der Waals surface area (Å²) in [6.07, 6.45) is 2.77. The van der Waals surface area contributed by atoms with Crippen molar-refractivity contribution in [3.63, 3.8) is 0 Å². The van der Waals surface area contributed by atoms with Crippen molar-refractivity contribution in [3.05, 3.63) is 30.0 Å². The lowest BCUT2D eigenvalue weighted by Gasteiger charge is -1.99. The molecular formula is C11H7N3O3S. The van der Waals surface area contributed by atoms with Crippen LogP contribution in [-0.2, 0) is 0 Å². The number of carbonyl (C=O) groups is 1. The lowest BCUT2D eigenvalue weighted by Crippen LogP contribution is -1.98. The van der Waals surface area contributed by atoms with Gasteiger partial charge in [-0.05, 0) is 30.1 Å². The van der Waals surface area contributed by atoms with Crippen LogP contribution < -0.4 is 0 Å². The molecule has 0 bridgehead atoms. The van der Waals surface area contributed by atoms with Crippen LogP contribution >= 0.6 is 11.5 Å². The molecule has 0 saturated carbocycles. The van der Waals surface area contributed by atoms with E-state index in [1.807, 2.05) is 13.0 Å². The second-order valence-corrected chi connectivity index (χ2v) is 4.49. The maximum Gasteiger partial charge on any atom is 0.357 e. The minimum atomic E-state index is -1.08. The van der Waals surface area contributed by atoms with Gasteiger partial charge in [0.1, 0.15) is 17.5 Å². The molecule has 6 nitrogen and oxygen atoms in total. The second kappa shape index (κ2) is 3.88. The van der Waals surface area contributed by atoms with Crippen molar-refractivity contribution >= 4 is 27.7 Å². The van der Waals surface area contributed by atoms with Crippen molar-refractivity contribution in [1.82, 2.24) is 14.3 Å². The van der Waals surface area contributed by atoms with Crippen molar-refractivity contribution in [2.45, 2.75) is 6.92 Å². The van der Waals surface area contributed by atoms with Gasteiger partial charge in [-0.1, -0.05) is 0 Å². The highest BCUT2D eigenvalue weighted by Gasteiger charge is 2.17. The summed E-state index contributed by atoms with van der Waals surface area (Å²) in [4.78, 5) is 19.4. The second-order valence-electron chi connectivity index (χ2n) is 3.71. The largest absolute Gasteiger partial charge is 0.476 e. The number of carboxylic acids is 1. The molecule has 0 atom stereocenters. The molecule has 0 aliphatic heterocycles. The molecule has 0 saturated heterocycles. The molecule has 3 rings (SSSR count). The van der Waals surface area contributed by atoms with Crippen LogP contribution in [0.1, 0.15) is 16.1 Å². The van der Waals surface area contributed by atoms with Crippen molar-refractivity contribution in [1.29, 1.82) is 0 Å². The van der Waals surface area contributed by atoms with Crippen molar-refractivity contribution in [2.24, 2.45) is 0 Å². The fourth-order valence-electron chi connectivity index (χ4n) is 1.68. The molecule has 3 aromatic heterocycles. The van der Waals surface area contributed by atoms with Gasteiger partial charge in [0.25, 0.3) is 0 Å². The van der Waals surface area contributed by atoms with Gasteiger partial charge in [0.15, 0.2) is 12.1 Å². The van der Waals surface area contributed by atoms with E-state index in [1.54, 1.807) is 0 Å². The lowest BCUT2D eigenvalue weighted by atomic mass is 10.2. The highest BCUT2D eigenvalue weighted by Crippen LogP contribution is 2.28. The molecule has 0 aromatic carbocycles. The highest BCUT2D eigenvalue weighted by atomic mass is 32.1. The van der Waals surface area contributed by atoms with E-state index in [0.29, 0.717) is 16.9 Å². The molecule has 7 heteroatoms. The Hall–Kier alpha value is -2.28. The summed E-state index contributed by atoms with van der Waals surface area (Å²) in [7, 11) is 0. The first kappa shape index (κ1) is 10.8. The summed E-state index contributed by atoms with van der Waals surface area (Å²) in [5, 5.41) is 9.05. The number of fused-ring (bicyclic) bond motifs is 1. The standard InChI is InChI=1S/C11H7N3O3S/c1-5-2-6(7-3-17-4-12-7)13-8-9(11(15)16)14-18-10(5)8/h2-4H,1H3,(H,15,16). The van der Waals surface area contributed by atoms with Gasteiger partial charge in [-0.15, -0.1) is 0 Å². The van der Waals surface area contributed by atoms with Crippen LogP contribution in [0.2, 0.25) is 0 Å². The minimum absolute atomic E-state index is 0.0246. The summed E-state index contributed by atoms with van der Waals surface area (Å²) in [6.45, 7) is 1.89. The summed E-state index contributed by atoms with van der Waals surface area (Å²) >= 11 is 1.14. The van der Waals surface area contributed by atoms with Crippen LogP contribution in [0.15, 0.2) is 23.1 Å². The zero-order valence-corrected chi connectivity index (χ0v) is 10.1. The minimum Gasteiger partial charge on any atom is -0.476 e. The predicted molar refractivity (Wildman–Crippen MR) is 64.6 cm³/mol. The number of hydrogen-bond donors (Lipinski definition) is 1. The average Bonchev–Trinajstić information content (AvgIpc) is 2.97. The van der Waals surface area contributed by atoms with E-state index in [4.69, 9.17) is 9.52 Å². The fourth-order valence-corrected chi connectivity index (χ4v) is 2.46. The smallest absolute Gasteiger partial charge is 0.357 e. The number of pyridine rings is 1. The van der Waals surface area contributed by atoms with Crippen LogP contribution in [0.4, 0.5) is 0 Å². The molecule has 0 fully saturated rings. The van der Waals surface area contributed by atoms with Gasteiger partial charge in [0.05, 0.1) is 10.4 Å². The molecule has 1 N–H and O–H groups in total. The van der Waals surface area contributed by atoms with E-state index < -0.39 is 5.97 Å². The number of nitrogens with zero attached hydrogens (tertiary/aromatic N) is 3. The van der Waals surface area contributed by atoms with E-state index in [1.165, 1.54) is 12.7 Å². The Balaban J connectivity index is 2.31. The van der Waals surface area contributed by atoms with Gasteiger partial charge in [0, 0.05) is 0 Å². The van der Waals surface area contributed by atoms with Gasteiger partial charge in [0.2, 0.25) is 0 Å². The quantitative estimate of drug-likeness (QED) is 0.761. The molecule has 0 spiro atoms. The molecular weight excluding hydrogens is 254 g/mol. The Bertz CT molecular complexity index is 733. The Kier molecular flexibility index (Phi) is 2.34. The highest BCUT2D eigenvalue weighted by molar-refractivity contribution is 7.13. The summed E-state index contributed by atoms with van der Waals surface area (Å²) < 4.78 is 9.59. The van der Waals surface area contributed by atoms with Crippen LogP contribution in [0.5, 0.6) is 0 Å². The maximum absolute atomic E-state index is 11.1. The Morgan fingerprint density at radius 1 is 1.44 bits per heavy atom. The molecule has 3 heterocycles. The average molecular weight is 261 g/mol. The van der Waals surface area contributed by atoms with E-state index in [0.717, 1.165) is 21.8 Å². The zero-order chi connectivity index (χ0) is 12.7. The lowest BCUT2D eigenvalue weighted by molar-refractivity contribution is 0.0694. The molecule has 0 radical (unpaired) electrons. The first-order valence-corrected chi connectivity index (χ1v) is 5.83. The molecule has 18 heavy (non-hydrogen) atoms. The van der Waals surface area contributed by atoms with Crippen molar-refractivity contribution in [2.75, 3.05) is 0 Å². The first-order chi connectivity index (χ1) is 8.66. The van der Waals surface area contributed by atoms with Crippen LogP contribution in [0.25, 0.3) is 21.6 Å². The number of aromatic nitrogens is 3. The topological polar surface area (TPSA) is 89.1 Å². The van der Waals surface area contributed by atoms with Gasteiger partial charge >= 0.3 is 5.97 Å². The SMILES string of the molecule is Cc1cc(-c2cocn2)nc2c(C(=O)O)nsc12.